The summed E-state index contributed by atoms with van der Waals surface area (Å²) in [6, 6.07) is 14.3. The third-order valence-corrected chi connectivity index (χ3v) is 5.54. The maximum atomic E-state index is 12.7. The van der Waals surface area contributed by atoms with Crippen LogP contribution in [0.25, 0.3) is 0 Å². The number of benzene rings is 2. The van der Waals surface area contributed by atoms with Crippen molar-refractivity contribution in [2.75, 3.05) is 19.9 Å². The van der Waals surface area contributed by atoms with Crippen LogP contribution in [0.5, 0.6) is 11.5 Å². The molecule has 5 rings (SSSR count). The average Bonchev–Trinajstić information content (AvgIpc) is 3.32. The quantitative estimate of drug-likeness (QED) is 0.901. The molecule has 128 valence electrons. The van der Waals surface area contributed by atoms with Gasteiger partial charge in [0, 0.05) is 24.9 Å². The van der Waals surface area contributed by atoms with Crippen LogP contribution in [-0.4, -0.2) is 25.8 Å². The topological polar surface area (TPSA) is 59.6 Å². The van der Waals surface area contributed by atoms with E-state index >= 15 is 0 Å². The van der Waals surface area contributed by atoms with Crippen LogP contribution in [0.3, 0.4) is 0 Å². The predicted molar refractivity (Wildman–Crippen MR) is 92.7 cm³/mol. The second kappa shape index (κ2) is 5.77. The van der Waals surface area contributed by atoms with Crippen molar-refractivity contribution in [3.05, 3.63) is 59.2 Å². The van der Waals surface area contributed by atoms with Gasteiger partial charge in [-0.3, -0.25) is 4.79 Å². The molecule has 2 heterocycles. The molecule has 1 aliphatic carbocycles. The average molecular weight is 336 g/mol. The summed E-state index contributed by atoms with van der Waals surface area (Å²) in [7, 11) is 0. The van der Waals surface area contributed by atoms with Gasteiger partial charge in [-0.15, -0.1) is 0 Å². The number of hydrogen-bond acceptors (Lipinski definition) is 4. The number of carbonyl (C=O) groups excluding carboxylic acids is 1. The van der Waals surface area contributed by atoms with E-state index in [-0.39, 0.29) is 18.7 Å². The lowest BCUT2D eigenvalue weighted by Gasteiger charge is -2.20. The Labute approximate surface area is 146 Å². The number of carbonyl (C=O) groups is 1. The maximum Gasteiger partial charge on any atom is 0.231 e. The summed E-state index contributed by atoms with van der Waals surface area (Å²) in [4.78, 5) is 12.7. The van der Waals surface area contributed by atoms with Crippen molar-refractivity contribution in [3.63, 3.8) is 0 Å². The summed E-state index contributed by atoms with van der Waals surface area (Å²) in [6.07, 6.45) is 0.347. The van der Waals surface area contributed by atoms with Crippen molar-refractivity contribution in [1.82, 2.24) is 10.6 Å². The molecule has 25 heavy (non-hydrogen) atoms. The molecule has 2 aliphatic heterocycles. The molecule has 5 nitrogen and oxygen atoms in total. The molecule has 1 fully saturated rings. The Balaban J connectivity index is 1.34. The molecule has 0 spiro atoms. The zero-order valence-electron chi connectivity index (χ0n) is 13.8. The Morgan fingerprint density at radius 1 is 1.08 bits per heavy atom. The predicted octanol–water partition coefficient (Wildman–Crippen LogP) is 2.13. The Morgan fingerprint density at radius 2 is 1.92 bits per heavy atom. The lowest BCUT2D eigenvalue weighted by Crippen LogP contribution is -2.34. The Bertz CT molecular complexity index is 835. The molecule has 5 heteroatoms. The second-order valence-corrected chi connectivity index (χ2v) is 6.97. The van der Waals surface area contributed by atoms with Crippen molar-refractivity contribution >= 4 is 5.91 Å². The van der Waals surface area contributed by atoms with Crippen molar-refractivity contribution in [2.45, 2.75) is 18.4 Å². The molecule has 1 amide bonds. The summed E-state index contributed by atoms with van der Waals surface area (Å²) >= 11 is 0. The van der Waals surface area contributed by atoms with Crippen molar-refractivity contribution < 1.29 is 14.3 Å². The van der Waals surface area contributed by atoms with Crippen LogP contribution >= 0.6 is 0 Å². The fraction of sp³-hybridized carbons (Fsp3) is 0.350. The molecular formula is C20H20N2O3. The molecular weight excluding hydrogens is 316 g/mol. The van der Waals surface area contributed by atoms with Crippen LogP contribution in [0.4, 0.5) is 0 Å². The van der Waals surface area contributed by atoms with E-state index in [1.165, 1.54) is 11.1 Å². The van der Waals surface area contributed by atoms with E-state index in [1.54, 1.807) is 0 Å². The summed E-state index contributed by atoms with van der Waals surface area (Å²) in [5.74, 6) is 2.46. The highest BCUT2D eigenvalue weighted by Crippen LogP contribution is 2.46. The normalized spacial score (nSPS) is 25.5. The standard InChI is InChI=1S/C20H20N2O3/c23-19(8-12-5-6-17-18(7-12)25-11-24-17)22-20-14-4-2-1-3-13(14)15-9-21-10-16(15)20/h1-7,15-16,20-21H,8-11H2,(H,22,23)/t15-,16-,20-/m0/s1. The number of rotatable bonds is 3. The fourth-order valence-electron chi connectivity index (χ4n) is 4.40. The van der Waals surface area contributed by atoms with Gasteiger partial charge in [0.15, 0.2) is 11.5 Å². The molecule has 0 radical (unpaired) electrons. The Morgan fingerprint density at radius 3 is 2.84 bits per heavy atom. The number of fused-ring (bicyclic) bond motifs is 4. The van der Waals surface area contributed by atoms with E-state index < -0.39 is 0 Å². The van der Waals surface area contributed by atoms with Crippen LogP contribution in [0.1, 0.15) is 28.7 Å². The van der Waals surface area contributed by atoms with Crippen LogP contribution < -0.4 is 20.1 Å². The van der Waals surface area contributed by atoms with Crippen LogP contribution in [0.2, 0.25) is 0 Å². The third-order valence-electron chi connectivity index (χ3n) is 5.54. The van der Waals surface area contributed by atoms with E-state index in [9.17, 15) is 4.79 Å². The summed E-state index contributed by atoms with van der Waals surface area (Å²) in [5, 5.41) is 6.74. The molecule has 2 aromatic carbocycles. The van der Waals surface area contributed by atoms with E-state index in [0.717, 1.165) is 30.2 Å². The van der Waals surface area contributed by atoms with Gasteiger partial charge in [-0.25, -0.2) is 0 Å². The molecule has 1 saturated heterocycles. The molecule has 2 N–H and O–H groups in total. The van der Waals surface area contributed by atoms with Crippen molar-refractivity contribution in [2.24, 2.45) is 5.92 Å². The molecule has 0 unspecified atom stereocenters. The fourth-order valence-corrected chi connectivity index (χ4v) is 4.40. The number of amides is 1. The second-order valence-electron chi connectivity index (χ2n) is 6.97. The largest absolute Gasteiger partial charge is 0.454 e. The Hall–Kier alpha value is -2.53. The van der Waals surface area contributed by atoms with Crippen LogP contribution in [-0.2, 0) is 11.2 Å². The van der Waals surface area contributed by atoms with Gasteiger partial charge in [0.1, 0.15) is 0 Å². The Kier molecular flexibility index (Phi) is 3.41. The first-order valence-corrected chi connectivity index (χ1v) is 8.77. The van der Waals surface area contributed by atoms with Gasteiger partial charge in [0.05, 0.1) is 12.5 Å². The van der Waals surface area contributed by atoms with Gasteiger partial charge in [0.2, 0.25) is 12.7 Å². The first kappa shape index (κ1) is 14.8. The zero-order chi connectivity index (χ0) is 16.8. The van der Waals surface area contributed by atoms with Gasteiger partial charge in [-0.2, -0.15) is 0 Å². The lowest BCUT2D eigenvalue weighted by atomic mass is 9.94. The van der Waals surface area contributed by atoms with Crippen molar-refractivity contribution in [1.29, 1.82) is 0 Å². The van der Waals surface area contributed by atoms with Gasteiger partial charge in [-0.1, -0.05) is 30.3 Å². The molecule has 0 bridgehead atoms. The van der Waals surface area contributed by atoms with E-state index in [2.05, 4.69) is 34.9 Å². The monoisotopic (exact) mass is 336 g/mol. The minimum atomic E-state index is 0.0474. The smallest absolute Gasteiger partial charge is 0.231 e. The number of nitrogens with one attached hydrogen (secondary N) is 2. The maximum absolute atomic E-state index is 12.7. The third kappa shape index (κ3) is 2.46. The first-order chi connectivity index (χ1) is 12.3. The minimum absolute atomic E-state index is 0.0474. The first-order valence-electron chi connectivity index (χ1n) is 8.77. The van der Waals surface area contributed by atoms with Gasteiger partial charge in [-0.05, 0) is 28.8 Å². The van der Waals surface area contributed by atoms with Gasteiger partial charge in [0.25, 0.3) is 0 Å². The number of ether oxygens (including phenoxy) is 2. The SMILES string of the molecule is O=C(Cc1ccc2c(c1)OCO2)N[C@H]1c2ccccc2[C@@H]2CNC[C@@H]21. The molecule has 3 aliphatic rings. The lowest BCUT2D eigenvalue weighted by molar-refractivity contribution is -0.121. The van der Waals surface area contributed by atoms with Gasteiger partial charge >= 0.3 is 0 Å². The summed E-state index contributed by atoms with van der Waals surface area (Å²) < 4.78 is 10.7. The van der Waals surface area contributed by atoms with E-state index in [4.69, 9.17) is 9.47 Å². The number of hydrogen-bond donors (Lipinski definition) is 2. The molecule has 0 saturated carbocycles. The van der Waals surface area contributed by atoms with Gasteiger partial charge < -0.3 is 20.1 Å². The summed E-state index contributed by atoms with van der Waals surface area (Å²) in [6.45, 7) is 2.20. The van der Waals surface area contributed by atoms with E-state index in [0.29, 0.717) is 18.3 Å². The molecule has 2 aromatic rings. The highest BCUT2D eigenvalue weighted by atomic mass is 16.7. The van der Waals surface area contributed by atoms with E-state index in [1.807, 2.05) is 18.2 Å². The van der Waals surface area contributed by atoms with Crippen LogP contribution in [0.15, 0.2) is 42.5 Å². The summed E-state index contributed by atoms with van der Waals surface area (Å²) in [5.41, 5.74) is 3.60. The molecule has 3 atom stereocenters. The highest BCUT2D eigenvalue weighted by Gasteiger charge is 2.43. The highest BCUT2D eigenvalue weighted by molar-refractivity contribution is 5.79. The zero-order valence-corrected chi connectivity index (χ0v) is 13.8. The van der Waals surface area contributed by atoms with Crippen molar-refractivity contribution in [3.8, 4) is 11.5 Å². The minimum Gasteiger partial charge on any atom is -0.454 e. The molecule has 0 aromatic heterocycles. The van der Waals surface area contributed by atoms with Crippen LogP contribution in [0, 0.1) is 5.92 Å².